The molecule has 1 aliphatic rings. The molecule has 1 rings (SSSR count). The highest BCUT2D eigenvalue weighted by Gasteiger charge is 2.36. The van der Waals surface area contributed by atoms with Crippen LogP contribution in [-0.4, -0.2) is 35.1 Å². The highest BCUT2D eigenvalue weighted by atomic mass is 16.3. The smallest absolute Gasteiger partial charge is 0.298 e. The summed E-state index contributed by atoms with van der Waals surface area (Å²) in [5.74, 6) is 1.65. The Hall–Kier alpha value is -1.01. The Bertz CT molecular complexity index is 225. The number of amides is 1. The second kappa shape index (κ2) is 3.16. The predicted octanol–water partition coefficient (Wildman–Crippen LogP) is -0.00700. The van der Waals surface area contributed by atoms with Crippen molar-refractivity contribution in [3.05, 3.63) is 0 Å². The molecule has 0 bridgehead atoms. The first-order valence-corrected chi connectivity index (χ1v) is 4.01. The Balaban J connectivity index is 2.41. The summed E-state index contributed by atoms with van der Waals surface area (Å²) in [5, 5.41) is 9.66. The summed E-state index contributed by atoms with van der Waals surface area (Å²) in [4.78, 5) is 12.3. The first-order chi connectivity index (χ1) is 5.57. The maximum atomic E-state index is 10.9. The molecular weight excluding hydrogens is 154 g/mol. The van der Waals surface area contributed by atoms with Crippen LogP contribution in [0.2, 0.25) is 0 Å². The van der Waals surface area contributed by atoms with Gasteiger partial charge in [-0.15, -0.1) is 6.42 Å². The predicted molar refractivity (Wildman–Crippen MR) is 45.3 cm³/mol. The third-order valence-corrected chi connectivity index (χ3v) is 2.29. The minimum atomic E-state index is -0.665. The van der Waals surface area contributed by atoms with Gasteiger partial charge >= 0.3 is 0 Å². The van der Waals surface area contributed by atoms with E-state index in [9.17, 15) is 9.90 Å². The lowest BCUT2D eigenvalue weighted by Gasteiger charge is -2.38. The molecule has 0 radical (unpaired) electrons. The van der Waals surface area contributed by atoms with E-state index >= 15 is 0 Å². The minimum Gasteiger partial charge on any atom is -0.388 e. The van der Waals surface area contributed by atoms with Crippen LogP contribution < -0.4 is 0 Å². The molecule has 1 saturated carbocycles. The van der Waals surface area contributed by atoms with Gasteiger partial charge < -0.3 is 10.0 Å². The van der Waals surface area contributed by atoms with Crippen LogP contribution in [0.15, 0.2) is 0 Å². The summed E-state index contributed by atoms with van der Waals surface area (Å²) in [6, 6.07) is 0. The zero-order valence-electron chi connectivity index (χ0n) is 7.21. The molecule has 1 amide bonds. The van der Waals surface area contributed by atoms with Crippen molar-refractivity contribution in [3.8, 4) is 12.3 Å². The normalized spacial score (nSPS) is 19.1. The maximum Gasteiger partial charge on any atom is 0.298 e. The Morgan fingerprint density at radius 3 is 2.67 bits per heavy atom. The summed E-state index contributed by atoms with van der Waals surface area (Å²) >= 11 is 0. The molecule has 0 saturated heterocycles. The summed E-state index contributed by atoms with van der Waals surface area (Å²) < 4.78 is 0. The standard InChI is InChI=1S/C9H13NO2/c1-3-8(11)10(2)7-9(12)5-4-6-9/h1,12H,4-7H2,2H3. The average molecular weight is 167 g/mol. The van der Waals surface area contributed by atoms with E-state index in [4.69, 9.17) is 6.42 Å². The van der Waals surface area contributed by atoms with Crippen LogP contribution in [0.5, 0.6) is 0 Å². The molecule has 0 aliphatic heterocycles. The van der Waals surface area contributed by atoms with Gasteiger partial charge in [0.25, 0.3) is 5.91 Å². The van der Waals surface area contributed by atoms with Crippen molar-refractivity contribution in [2.24, 2.45) is 0 Å². The van der Waals surface area contributed by atoms with E-state index in [0.29, 0.717) is 6.54 Å². The van der Waals surface area contributed by atoms with Crippen LogP contribution in [0, 0.1) is 12.3 Å². The maximum absolute atomic E-state index is 10.9. The van der Waals surface area contributed by atoms with E-state index in [1.165, 1.54) is 4.90 Å². The first kappa shape index (κ1) is 9.08. The minimum absolute atomic E-state index is 0.357. The van der Waals surface area contributed by atoms with Crippen LogP contribution in [0.3, 0.4) is 0 Å². The van der Waals surface area contributed by atoms with E-state index in [-0.39, 0.29) is 5.91 Å². The monoisotopic (exact) mass is 167 g/mol. The van der Waals surface area contributed by atoms with E-state index in [1.807, 2.05) is 5.92 Å². The number of likely N-dealkylation sites (N-methyl/N-ethyl adjacent to an activating group) is 1. The Morgan fingerprint density at radius 1 is 1.75 bits per heavy atom. The molecule has 0 aromatic carbocycles. The van der Waals surface area contributed by atoms with E-state index in [0.717, 1.165) is 19.3 Å². The second-order valence-corrected chi connectivity index (χ2v) is 3.38. The zero-order chi connectivity index (χ0) is 9.19. The van der Waals surface area contributed by atoms with E-state index < -0.39 is 5.60 Å². The van der Waals surface area contributed by atoms with Gasteiger partial charge in [0.15, 0.2) is 0 Å². The molecule has 0 atom stereocenters. The van der Waals surface area contributed by atoms with Gasteiger partial charge in [0.2, 0.25) is 0 Å². The fourth-order valence-corrected chi connectivity index (χ4v) is 1.37. The van der Waals surface area contributed by atoms with Gasteiger partial charge in [-0.05, 0) is 25.2 Å². The largest absolute Gasteiger partial charge is 0.388 e. The van der Waals surface area contributed by atoms with Crippen molar-refractivity contribution >= 4 is 5.91 Å². The van der Waals surface area contributed by atoms with Crippen molar-refractivity contribution in [1.29, 1.82) is 0 Å². The molecule has 1 N–H and O–H groups in total. The number of carbonyl (C=O) groups is 1. The van der Waals surface area contributed by atoms with Crippen molar-refractivity contribution in [1.82, 2.24) is 4.90 Å². The van der Waals surface area contributed by atoms with Crippen molar-refractivity contribution in [2.75, 3.05) is 13.6 Å². The summed E-state index contributed by atoms with van der Waals surface area (Å²) in [6.45, 7) is 0.357. The quantitative estimate of drug-likeness (QED) is 0.588. The third-order valence-electron chi connectivity index (χ3n) is 2.29. The van der Waals surface area contributed by atoms with Gasteiger partial charge in [0.05, 0.1) is 5.60 Å². The Labute approximate surface area is 72.4 Å². The molecule has 1 fully saturated rings. The van der Waals surface area contributed by atoms with E-state index in [2.05, 4.69) is 0 Å². The number of aliphatic hydroxyl groups is 1. The van der Waals surface area contributed by atoms with Crippen molar-refractivity contribution < 1.29 is 9.90 Å². The molecule has 0 aromatic heterocycles. The summed E-state index contributed by atoms with van der Waals surface area (Å²) in [5.41, 5.74) is -0.665. The second-order valence-electron chi connectivity index (χ2n) is 3.38. The zero-order valence-corrected chi connectivity index (χ0v) is 7.21. The number of rotatable bonds is 2. The van der Waals surface area contributed by atoms with Gasteiger partial charge in [0.1, 0.15) is 0 Å². The number of nitrogens with zero attached hydrogens (tertiary/aromatic N) is 1. The van der Waals surface area contributed by atoms with Gasteiger partial charge in [0, 0.05) is 13.6 Å². The molecule has 1 aliphatic carbocycles. The fraction of sp³-hybridized carbons (Fsp3) is 0.667. The average Bonchev–Trinajstić information content (AvgIpc) is 2.00. The Morgan fingerprint density at radius 2 is 2.33 bits per heavy atom. The number of hydrogen-bond acceptors (Lipinski definition) is 2. The molecular formula is C9H13NO2. The molecule has 12 heavy (non-hydrogen) atoms. The van der Waals surface area contributed by atoms with Crippen molar-refractivity contribution in [3.63, 3.8) is 0 Å². The lowest BCUT2D eigenvalue weighted by atomic mass is 9.80. The topological polar surface area (TPSA) is 40.5 Å². The lowest BCUT2D eigenvalue weighted by Crippen LogP contribution is -2.48. The number of carbonyl (C=O) groups excluding carboxylic acids is 1. The van der Waals surface area contributed by atoms with Crippen LogP contribution in [0.4, 0.5) is 0 Å². The molecule has 0 aromatic rings. The van der Waals surface area contributed by atoms with E-state index in [1.54, 1.807) is 7.05 Å². The molecule has 3 nitrogen and oxygen atoms in total. The number of terminal acetylenes is 1. The van der Waals surface area contributed by atoms with Gasteiger partial charge in [-0.25, -0.2) is 0 Å². The van der Waals surface area contributed by atoms with Gasteiger partial charge in [-0.3, -0.25) is 4.79 Å². The fourth-order valence-electron chi connectivity index (χ4n) is 1.37. The molecule has 0 heterocycles. The molecule has 66 valence electrons. The summed E-state index contributed by atoms with van der Waals surface area (Å²) in [7, 11) is 1.61. The highest BCUT2D eigenvalue weighted by molar-refractivity contribution is 5.92. The van der Waals surface area contributed by atoms with Crippen LogP contribution >= 0.6 is 0 Å². The SMILES string of the molecule is C#CC(=O)N(C)CC1(O)CCC1. The third kappa shape index (κ3) is 1.77. The van der Waals surface area contributed by atoms with Gasteiger partial charge in [-0.2, -0.15) is 0 Å². The van der Waals surface area contributed by atoms with Crippen LogP contribution in [-0.2, 0) is 4.79 Å². The number of hydrogen-bond donors (Lipinski definition) is 1. The summed E-state index contributed by atoms with van der Waals surface area (Å²) in [6.07, 6.45) is 7.51. The molecule has 3 heteroatoms. The molecule has 0 spiro atoms. The van der Waals surface area contributed by atoms with Crippen molar-refractivity contribution in [2.45, 2.75) is 24.9 Å². The van der Waals surface area contributed by atoms with Crippen LogP contribution in [0.25, 0.3) is 0 Å². The lowest BCUT2D eigenvalue weighted by molar-refractivity contribution is -0.130. The Kier molecular flexibility index (Phi) is 2.39. The molecule has 0 unspecified atom stereocenters. The highest BCUT2D eigenvalue weighted by Crippen LogP contribution is 2.31. The van der Waals surface area contributed by atoms with Crippen LogP contribution in [0.1, 0.15) is 19.3 Å². The first-order valence-electron chi connectivity index (χ1n) is 4.01. The van der Waals surface area contributed by atoms with Gasteiger partial charge in [-0.1, -0.05) is 0 Å².